The number of nitrogens with one attached hydrogen (secondary N) is 1. The number of fused-ring (bicyclic) bond motifs is 2. The number of piperidine rings is 1. The van der Waals surface area contributed by atoms with Crippen LogP contribution in [0.15, 0.2) is 17.5 Å². The van der Waals surface area contributed by atoms with Gasteiger partial charge >= 0.3 is 0 Å². The minimum absolute atomic E-state index is 0.506. The van der Waals surface area contributed by atoms with Gasteiger partial charge in [-0.25, -0.2) is 0 Å². The first-order valence-electron chi connectivity index (χ1n) is 9.53. The minimum atomic E-state index is 0.506. The fraction of sp³-hybridized carbons (Fsp3) is 0.789. The Morgan fingerprint density at radius 1 is 1.17 bits per heavy atom. The lowest BCUT2D eigenvalue weighted by molar-refractivity contribution is -0.133. The van der Waals surface area contributed by atoms with Crippen LogP contribution in [0.1, 0.15) is 44.9 Å². The second-order valence-electron chi connectivity index (χ2n) is 8.04. The Morgan fingerprint density at radius 2 is 2.00 bits per heavy atom. The third-order valence-corrected chi connectivity index (χ3v) is 7.94. The van der Waals surface area contributed by atoms with Gasteiger partial charge in [-0.1, -0.05) is 12.8 Å². The molecule has 4 heteroatoms. The van der Waals surface area contributed by atoms with Crippen LogP contribution in [0.5, 0.6) is 0 Å². The molecule has 3 heterocycles. The van der Waals surface area contributed by atoms with Gasteiger partial charge < -0.3 is 15.0 Å². The van der Waals surface area contributed by atoms with Gasteiger partial charge in [0.1, 0.15) is 0 Å². The van der Waals surface area contributed by atoms with Crippen molar-refractivity contribution in [2.75, 3.05) is 24.6 Å². The summed E-state index contributed by atoms with van der Waals surface area (Å²) in [5.41, 5.74) is 0.506. The number of ether oxygens (including phenoxy) is 1. The van der Waals surface area contributed by atoms with Crippen molar-refractivity contribution in [1.29, 1.82) is 0 Å². The highest BCUT2D eigenvalue weighted by atomic mass is 32.1. The lowest BCUT2D eigenvalue weighted by Gasteiger charge is -2.58. The molecular weight excluding hydrogens is 304 g/mol. The van der Waals surface area contributed by atoms with E-state index in [1.807, 2.05) is 11.3 Å². The maximum atomic E-state index is 6.13. The molecule has 2 aliphatic carbocycles. The molecule has 3 nitrogen and oxygen atoms in total. The standard InChI is InChI=1S/C19H28N2OS/c1-2-9-19(8-1)17(15-7-12-22-18(15)19)20-14-5-10-21(11-6-14)16-4-3-13-23-16/h3-4,13-15,17-18,20H,1-2,5-12H2/t15-,17-,18-/m1/s1. The van der Waals surface area contributed by atoms with Gasteiger partial charge in [0.15, 0.2) is 0 Å². The number of hydrogen-bond donors (Lipinski definition) is 1. The van der Waals surface area contributed by atoms with E-state index in [-0.39, 0.29) is 0 Å². The first-order chi connectivity index (χ1) is 11.4. The molecular formula is C19H28N2OS. The normalized spacial score (nSPS) is 36.3. The first-order valence-corrected chi connectivity index (χ1v) is 10.4. The van der Waals surface area contributed by atoms with Crippen LogP contribution in [0.2, 0.25) is 0 Å². The molecule has 0 amide bonds. The summed E-state index contributed by atoms with van der Waals surface area (Å²) in [4.78, 5) is 2.57. The van der Waals surface area contributed by atoms with Crippen LogP contribution in [0.25, 0.3) is 0 Å². The molecule has 0 unspecified atom stereocenters. The van der Waals surface area contributed by atoms with Crippen molar-refractivity contribution in [2.45, 2.75) is 63.1 Å². The van der Waals surface area contributed by atoms with Gasteiger partial charge in [-0.3, -0.25) is 0 Å². The SMILES string of the molecule is c1csc(N2CCC(N[C@@H]3[C@H]4CCO[C@H]4C34CCCC4)CC2)c1. The van der Waals surface area contributed by atoms with Crippen LogP contribution in [-0.4, -0.2) is 37.9 Å². The Kier molecular flexibility index (Phi) is 3.68. The molecule has 4 aliphatic rings. The molecule has 2 aliphatic heterocycles. The molecule has 126 valence electrons. The topological polar surface area (TPSA) is 24.5 Å². The van der Waals surface area contributed by atoms with Gasteiger partial charge in [-0.05, 0) is 49.6 Å². The van der Waals surface area contributed by atoms with E-state index < -0.39 is 0 Å². The molecule has 3 atom stereocenters. The van der Waals surface area contributed by atoms with E-state index in [2.05, 4.69) is 27.7 Å². The van der Waals surface area contributed by atoms with Gasteiger partial charge in [0.05, 0.1) is 11.1 Å². The summed E-state index contributed by atoms with van der Waals surface area (Å²) in [7, 11) is 0. The summed E-state index contributed by atoms with van der Waals surface area (Å²) in [5, 5.41) is 7.76. The zero-order chi connectivity index (χ0) is 15.3. The van der Waals surface area contributed by atoms with E-state index in [9.17, 15) is 0 Å². The van der Waals surface area contributed by atoms with Crippen LogP contribution in [0.4, 0.5) is 5.00 Å². The molecule has 23 heavy (non-hydrogen) atoms. The van der Waals surface area contributed by atoms with E-state index >= 15 is 0 Å². The van der Waals surface area contributed by atoms with Gasteiger partial charge in [0.25, 0.3) is 0 Å². The van der Waals surface area contributed by atoms with Crippen molar-refractivity contribution < 1.29 is 4.74 Å². The Bertz CT molecular complexity index is 532. The number of nitrogens with zero attached hydrogens (tertiary/aromatic N) is 1. The Hall–Kier alpha value is -0.580. The van der Waals surface area contributed by atoms with E-state index in [0.717, 1.165) is 24.6 Å². The van der Waals surface area contributed by atoms with Crippen LogP contribution in [0.3, 0.4) is 0 Å². The van der Waals surface area contributed by atoms with Crippen LogP contribution in [0, 0.1) is 11.3 Å². The van der Waals surface area contributed by atoms with Crippen LogP contribution < -0.4 is 10.2 Å². The largest absolute Gasteiger partial charge is 0.377 e. The van der Waals surface area contributed by atoms with E-state index in [0.29, 0.717) is 11.5 Å². The van der Waals surface area contributed by atoms with Crippen molar-refractivity contribution in [2.24, 2.45) is 11.3 Å². The summed E-state index contributed by atoms with van der Waals surface area (Å²) in [5.74, 6) is 0.809. The number of thiophene rings is 1. The molecule has 5 rings (SSSR count). The third-order valence-electron chi connectivity index (χ3n) is 7.01. The molecule has 1 aromatic heterocycles. The lowest BCUT2D eigenvalue weighted by Crippen LogP contribution is -2.69. The highest BCUT2D eigenvalue weighted by Crippen LogP contribution is 2.60. The zero-order valence-corrected chi connectivity index (χ0v) is 14.7. The fourth-order valence-electron chi connectivity index (χ4n) is 5.91. The maximum absolute atomic E-state index is 6.13. The van der Waals surface area contributed by atoms with Crippen molar-refractivity contribution in [1.82, 2.24) is 5.32 Å². The molecule has 1 aromatic rings. The number of hydrogen-bond acceptors (Lipinski definition) is 4. The third kappa shape index (κ3) is 2.29. The average molecular weight is 333 g/mol. The summed E-state index contributed by atoms with van der Waals surface area (Å²) in [6.45, 7) is 3.43. The van der Waals surface area contributed by atoms with Crippen molar-refractivity contribution >= 4 is 16.3 Å². The molecule has 2 saturated carbocycles. The summed E-state index contributed by atoms with van der Waals surface area (Å²) >= 11 is 1.88. The molecule has 4 fully saturated rings. The van der Waals surface area contributed by atoms with E-state index in [1.54, 1.807) is 0 Å². The molecule has 0 radical (unpaired) electrons. The molecule has 2 saturated heterocycles. The van der Waals surface area contributed by atoms with Gasteiger partial charge in [0.2, 0.25) is 0 Å². The average Bonchev–Trinajstić information content (AvgIpc) is 3.33. The molecule has 1 N–H and O–H groups in total. The van der Waals surface area contributed by atoms with Crippen molar-refractivity contribution in [3.8, 4) is 0 Å². The highest BCUT2D eigenvalue weighted by molar-refractivity contribution is 7.14. The van der Waals surface area contributed by atoms with Crippen molar-refractivity contribution in [3.63, 3.8) is 0 Å². The Balaban J connectivity index is 1.22. The minimum Gasteiger partial charge on any atom is -0.377 e. The zero-order valence-electron chi connectivity index (χ0n) is 13.9. The monoisotopic (exact) mass is 332 g/mol. The van der Waals surface area contributed by atoms with Crippen LogP contribution in [-0.2, 0) is 4.74 Å². The smallest absolute Gasteiger partial charge is 0.0908 e. The second kappa shape index (κ2) is 5.75. The summed E-state index contributed by atoms with van der Waals surface area (Å²) in [6.07, 6.45) is 10.1. The molecule has 0 bridgehead atoms. The summed E-state index contributed by atoms with van der Waals surface area (Å²) in [6, 6.07) is 5.90. The maximum Gasteiger partial charge on any atom is 0.0908 e. The quantitative estimate of drug-likeness (QED) is 0.914. The number of rotatable bonds is 3. The molecule has 0 aromatic carbocycles. The number of anilines is 1. The predicted molar refractivity (Wildman–Crippen MR) is 95.2 cm³/mol. The van der Waals surface area contributed by atoms with E-state index in [1.165, 1.54) is 63.0 Å². The van der Waals surface area contributed by atoms with Crippen LogP contribution >= 0.6 is 11.3 Å². The van der Waals surface area contributed by atoms with E-state index in [4.69, 9.17) is 4.74 Å². The van der Waals surface area contributed by atoms with Gasteiger partial charge in [0, 0.05) is 43.1 Å². The van der Waals surface area contributed by atoms with Crippen molar-refractivity contribution in [3.05, 3.63) is 17.5 Å². The molecule has 1 spiro atoms. The van der Waals surface area contributed by atoms with Gasteiger partial charge in [-0.15, -0.1) is 11.3 Å². The lowest BCUT2D eigenvalue weighted by atomic mass is 9.54. The first kappa shape index (κ1) is 14.7. The predicted octanol–water partition coefficient (Wildman–Crippen LogP) is 3.65. The fourth-order valence-corrected chi connectivity index (χ4v) is 6.70. The Labute approximate surface area is 143 Å². The Morgan fingerprint density at radius 3 is 2.74 bits per heavy atom. The second-order valence-corrected chi connectivity index (χ2v) is 8.97. The highest BCUT2D eigenvalue weighted by Gasteiger charge is 2.64. The summed E-state index contributed by atoms with van der Waals surface area (Å²) < 4.78 is 6.13. The van der Waals surface area contributed by atoms with Gasteiger partial charge in [-0.2, -0.15) is 0 Å².